The number of anilines is 3. The molecule has 0 spiro atoms. The molecule has 0 saturated heterocycles. The van der Waals surface area contributed by atoms with Crippen LogP contribution in [-0.2, 0) is 17.4 Å². The van der Waals surface area contributed by atoms with Crippen molar-refractivity contribution >= 4 is 39.7 Å². The van der Waals surface area contributed by atoms with E-state index in [1.165, 1.54) is 4.90 Å². The van der Waals surface area contributed by atoms with Gasteiger partial charge in [-0.25, -0.2) is 9.97 Å². The molecule has 0 radical (unpaired) electrons. The number of ether oxygens (including phenoxy) is 1. The molecule has 1 amide bonds. The van der Waals surface area contributed by atoms with Crippen molar-refractivity contribution in [1.29, 1.82) is 0 Å². The predicted octanol–water partition coefficient (Wildman–Crippen LogP) is 6.45. The third-order valence-corrected chi connectivity index (χ3v) is 6.97. The first-order valence-corrected chi connectivity index (χ1v) is 13.2. The number of non-ortho nitro benzene ring substituents is 1. The van der Waals surface area contributed by atoms with E-state index in [-0.39, 0.29) is 17.9 Å². The summed E-state index contributed by atoms with van der Waals surface area (Å²) in [7, 11) is 6.78. The van der Waals surface area contributed by atoms with Crippen LogP contribution < -0.4 is 15.0 Å². The van der Waals surface area contributed by atoms with Crippen LogP contribution in [0.3, 0.4) is 0 Å². The summed E-state index contributed by atoms with van der Waals surface area (Å²) in [6, 6.07) is 12.8. The maximum absolute atomic E-state index is 13.5. The lowest BCUT2D eigenvalue weighted by Crippen LogP contribution is -2.23. The maximum atomic E-state index is 13.5. The zero-order chi connectivity index (χ0) is 31.6. The number of carbonyl (C=O) groups is 1. The lowest BCUT2D eigenvalue weighted by atomic mass is 10.0. The molecule has 0 aliphatic rings. The summed E-state index contributed by atoms with van der Waals surface area (Å²) >= 11 is 0. The van der Waals surface area contributed by atoms with Crippen LogP contribution >= 0.6 is 0 Å². The molecule has 43 heavy (non-hydrogen) atoms. The van der Waals surface area contributed by atoms with Crippen molar-refractivity contribution in [2.24, 2.45) is 0 Å². The summed E-state index contributed by atoms with van der Waals surface area (Å²) in [4.78, 5) is 35.1. The number of nitro groups is 1. The Kier molecular flexibility index (Phi) is 8.74. The number of alkyl halides is 3. The van der Waals surface area contributed by atoms with Crippen LogP contribution in [0.2, 0.25) is 0 Å². The molecule has 0 aliphatic heterocycles. The van der Waals surface area contributed by atoms with Gasteiger partial charge in [0.2, 0.25) is 5.91 Å². The average molecular weight is 597 g/mol. The number of nitrogens with zero attached hydrogens (tertiary/aromatic N) is 5. The van der Waals surface area contributed by atoms with E-state index >= 15 is 0 Å². The van der Waals surface area contributed by atoms with Gasteiger partial charge >= 0.3 is 6.18 Å². The highest BCUT2D eigenvalue weighted by atomic mass is 19.4. The van der Waals surface area contributed by atoms with Crippen LogP contribution in [0.25, 0.3) is 10.9 Å². The molecule has 4 aromatic rings. The molecule has 3 aromatic carbocycles. The van der Waals surface area contributed by atoms with Crippen molar-refractivity contribution < 1.29 is 27.6 Å². The summed E-state index contributed by atoms with van der Waals surface area (Å²) < 4.78 is 46.1. The second-order valence-corrected chi connectivity index (χ2v) is 10.3. The van der Waals surface area contributed by atoms with E-state index in [0.717, 1.165) is 29.1 Å². The van der Waals surface area contributed by atoms with Gasteiger partial charge in [-0.15, -0.1) is 0 Å². The number of amides is 1. The first kappa shape index (κ1) is 31.0. The number of carbonyl (C=O) groups excluding carboxylic acids is 1. The molecule has 10 nitrogen and oxygen atoms in total. The number of hydrogen-bond acceptors (Lipinski definition) is 8. The average Bonchev–Trinajstić information content (AvgIpc) is 2.95. The molecular formula is C30H31F3N6O4. The fourth-order valence-electron chi connectivity index (χ4n) is 4.57. The minimum atomic E-state index is -4.75. The number of aryl methyl sites for hydroxylation is 1. The van der Waals surface area contributed by atoms with Gasteiger partial charge in [-0.1, -0.05) is 6.07 Å². The lowest BCUT2D eigenvalue weighted by Gasteiger charge is -2.24. The van der Waals surface area contributed by atoms with E-state index in [4.69, 9.17) is 4.74 Å². The summed E-state index contributed by atoms with van der Waals surface area (Å²) in [5.41, 5.74) is 1.18. The molecule has 226 valence electrons. The van der Waals surface area contributed by atoms with Gasteiger partial charge in [0, 0.05) is 44.3 Å². The van der Waals surface area contributed by atoms with Gasteiger partial charge in [-0.05, 0) is 61.4 Å². The van der Waals surface area contributed by atoms with Crippen molar-refractivity contribution in [1.82, 2.24) is 14.9 Å². The highest BCUT2D eigenvalue weighted by Crippen LogP contribution is 2.37. The van der Waals surface area contributed by atoms with Gasteiger partial charge in [0.15, 0.2) is 0 Å². The fourth-order valence-corrected chi connectivity index (χ4v) is 4.57. The number of benzene rings is 3. The second-order valence-electron chi connectivity index (χ2n) is 10.3. The van der Waals surface area contributed by atoms with E-state index in [9.17, 15) is 28.1 Å². The molecule has 1 N–H and O–H groups in total. The molecule has 0 aliphatic carbocycles. The summed E-state index contributed by atoms with van der Waals surface area (Å²) in [6.07, 6.45) is -4.53. The SMILES string of the molecule is COc1cc(CC(=O)N(C)C)ccc1N(C)c1ccc2nc(C)nc(N[C@H](C)c3cc([N+](=O)[O-])cc(C(F)(F)F)c3)c2c1. The highest BCUT2D eigenvalue weighted by molar-refractivity contribution is 5.93. The monoisotopic (exact) mass is 596 g/mol. The van der Waals surface area contributed by atoms with Gasteiger partial charge < -0.3 is 19.9 Å². The molecule has 0 unspecified atom stereocenters. The Morgan fingerprint density at radius 3 is 2.42 bits per heavy atom. The number of likely N-dealkylation sites (N-methyl/N-ethyl adjacent to an activating group) is 1. The van der Waals surface area contributed by atoms with E-state index < -0.39 is 28.4 Å². The summed E-state index contributed by atoms with van der Waals surface area (Å²) in [6.45, 7) is 3.30. The van der Waals surface area contributed by atoms with Crippen LogP contribution in [0.5, 0.6) is 5.75 Å². The number of halogens is 3. The lowest BCUT2D eigenvalue weighted by molar-refractivity contribution is -0.385. The fraction of sp³-hybridized carbons (Fsp3) is 0.300. The van der Waals surface area contributed by atoms with E-state index in [1.807, 2.05) is 42.3 Å². The smallest absolute Gasteiger partial charge is 0.416 e. The number of aromatic nitrogens is 2. The van der Waals surface area contributed by atoms with Crippen LogP contribution in [0.4, 0.5) is 36.1 Å². The Labute approximate surface area is 246 Å². The van der Waals surface area contributed by atoms with Crippen molar-refractivity contribution in [2.45, 2.75) is 32.5 Å². The molecular weight excluding hydrogens is 565 g/mol. The topological polar surface area (TPSA) is 114 Å². The predicted molar refractivity (Wildman–Crippen MR) is 158 cm³/mol. The second kappa shape index (κ2) is 12.1. The number of rotatable bonds is 9. The Balaban J connectivity index is 1.71. The van der Waals surface area contributed by atoms with Gasteiger partial charge in [-0.2, -0.15) is 13.2 Å². The van der Waals surface area contributed by atoms with Crippen LogP contribution in [-0.4, -0.2) is 54.0 Å². The number of hydrogen-bond donors (Lipinski definition) is 1. The van der Waals surface area contributed by atoms with Gasteiger partial charge in [-0.3, -0.25) is 14.9 Å². The largest absolute Gasteiger partial charge is 0.495 e. The molecule has 0 bridgehead atoms. The number of nitrogens with one attached hydrogen (secondary N) is 1. The van der Waals surface area contributed by atoms with Crippen LogP contribution in [0, 0.1) is 17.0 Å². The Morgan fingerprint density at radius 2 is 1.79 bits per heavy atom. The van der Waals surface area contributed by atoms with Gasteiger partial charge in [0.25, 0.3) is 5.69 Å². The first-order valence-electron chi connectivity index (χ1n) is 13.2. The standard InChI is InChI=1S/C30H31F3N6O4/c1-17(20-13-21(30(31,32)33)15-23(14-20)39(41)42)34-29-24-16-22(8-9-25(24)35-18(2)36-29)38(5)26-10-7-19(11-27(26)43-6)12-28(40)37(3)4/h7-11,13-17H,12H2,1-6H3,(H,34,35,36)/t17-/m1/s1. The van der Waals surface area contributed by atoms with Crippen molar-refractivity contribution in [2.75, 3.05) is 38.5 Å². The molecule has 1 atom stereocenters. The van der Waals surface area contributed by atoms with Crippen molar-refractivity contribution in [3.8, 4) is 5.75 Å². The molecule has 4 rings (SSSR count). The molecule has 1 heterocycles. The minimum absolute atomic E-state index is 0.0398. The maximum Gasteiger partial charge on any atom is 0.416 e. The first-order chi connectivity index (χ1) is 20.2. The normalized spacial score (nSPS) is 12.1. The van der Waals surface area contributed by atoms with Crippen LogP contribution in [0.1, 0.15) is 35.5 Å². The Morgan fingerprint density at radius 1 is 1.07 bits per heavy atom. The van der Waals surface area contributed by atoms with E-state index in [2.05, 4.69) is 15.3 Å². The van der Waals surface area contributed by atoms with Crippen molar-refractivity contribution in [3.63, 3.8) is 0 Å². The summed E-state index contributed by atoms with van der Waals surface area (Å²) in [5, 5.41) is 15.1. The molecule has 0 fully saturated rings. The minimum Gasteiger partial charge on any atom is -0.495 e. The third kappa shape index (κ3) is 6.93. The van der Waals surface area contributed by atoms with Crippen molar-refractivity contribution in [3.05, 3.63) is 87.2 Å². The quantitative estimate of drug-likeness (QED) is 0.173. The molecule has 0 saturated carbocycles. The zero-order valence-corrected chi connectivity index (χ0v) is 24.5. The van der Waals surface area contributed by atoms with E-state index in [1.54, 1.807) is 41.1 Å². The molecule has 13 heteroatoms. The number of nitro benzene ring substituents is 1. The van der Waals surface area contributed by atoms with E-state index in [0.29, 0.717) is 34.4 Å². The third-order valence-electron chi connectivity index (χ3n) is 6.97. The van der Waals surface area contributed by atoms with Crippen LogP contribution in [0.15, 0.2) is 54.6 Å². The van der Waals surface area contributed by atoms with Gasteiger partial charge in [0.05, 0.1) is 41.3 Å². The van der Waals surface area contributed by atoms with Gasteiger partial charge in [0.1, 0.15) is 17.4 Å². The zero-order valence-electron chi connectivity index (χ0n) is 24.5. The number of fused-ring (bicyclic) bond motifs is 1. The number of methoxy groups -OCH3 is 1. The Bertz CT molecular complexity index is 1690. The highest BCUT2D eigenvalue weighted by Gasteiger charge is 2.33. The molecule has 1 aromatic heterocycles. The Hall–Kier alpha value is -4.94. The summed E-state index contributed by atoms with van der Waals surface area (Å²) in [5.74, 6) is 1.31.